The van der Waals surface area contributed by atoms with E-state index in [-0.39, 0.29) is 30.4 Å². The van der Waals surface area contributed by atoms with E-state index in [0.717, 1.165) is 25.7 Å². The van der Waals surface area contributed by atoms with Gasteiger partial charge in [0.1, 0.15) is 6.54 Å². The first-order valence-electron chi connectivity index (χ1n) is 8.35. The lowest BCUT2D eigenvalue weighted by Crippen LogP contribution is -2.49. The van der Waals surface area contributed by atoms with Crippen molar-refractivity contribution in [3.8, 4) is 0 Å². The molecule has 0 radical (unpaired) electrons. The van der Waals surface area contributed by atoms with Crippen LogP contribution in [0.3, 0.4) is 0 Å². The van der Waals surface area contributed by atoms with Crippen LogP contribution in [0.2, 0.25) is 0 Å². The van der Waals surface area contributed by atoms with E-state index >= 15 is 0 Å². The van der Waals surface area contributed by atoms with Crippen LogP contribution >= 0.6 is 0 Å². The topological polar surface area (TPSA) is 114 Å². The molecule has 0 bridgehead atoms. The van der Waals surface area contributed by atoms with Crippen molar-refractivity contribution in [2.75, 3.05) is 23.9 Å². The number of nitrogens with two attached hydrogens (primary N) is 1. The van der Waals surface area contributed by atoms with Crippen LogP contribution in [0.5, 0.6) is 0 Å². The van der Waals surface area contributed by atoms with E-state index in [1.807, 2.05) is 0 Å². The molecule has 134 valence electrons. The molecule has 2 aliphatic rings. The average Bonchev–Trinajstić information content (AvgIpc) is 2.61. The molecule has 3 amide bonds. The number of rotatable bonds is 2. The Bertz CT molecular complexity index is 706. The third-order valence-corrected chi connectivity index (χ3v) is 4.66. The highest BCUT2D eigenvalue weighted by atomic mass is 16.5. The molecule has 3 rings (SSSR count). The first-order chi connectivity index (χ1) is 12.0. The summed E-state index contributed by atoms with van der Waals surface area (Å²) in [6.07, 6.45) is 3.28. The van der Waals surface area contributed by atoms with Crippen LogP contribution in [0.25, 0.3) is 0 Å². The van der Waals surface area contributed by atoms with E-state index < -0.39 is 6.09 Å². The number of nitrogens with zero attached hydrogens (tertiary/aromatic N) is 1. The molecule has 8 nitrogen and oxygen atoms in total. The standard InChI is InChI=1S/C17H22N4O4/c1-25-17(24)21-9-15(22)19-13-8-10(6-7-14(13)21)16(23)20-12-5-3-2-4-11(12)18/h6-8,11-12H,2-5,9,18H2,1H3,(H,19,22)(H,20,23). The fourth-order valence-electron chi connectivity index (χ4n) is 3.29. The summed E-state index contributed by atoms with van der Waals surface area (Å²) < 4.78 is 4.70. The maximum absolute atomic E-state index is 12.5. The van der Waals surface area contributed by atoms with E-state index in [9.17, 15) is 14.4 Å². The van der Waals surface area contributed by atoms with Gasteiger partial charge in [0.05, 0.1) is 18.5 Å². The van der Waals surface area contributed by atoms with E-state index in [1.165, 1.54) is 12.0 Å². The number of nitrogens with one attached hydrogen (secondary N) is 2. The van der Waals surface area contributed by atoms with Gasteiger partial charge in [-0.25, -0.2) is 4.79 Å². The Balaban J connectivity index is 1.80. The molecular formula is C17H22N4O4. The minimum atomic E-state index is -0.624. The quantitative estimate of drug-likeness (QED) is 0.745. The second-order valence-electron chi connectivity index (χ2n) is 6.36. The van der Waals surface area contributed by atoms with Crippen molar-refractivity contribution >= 4 is 29.3 Å². The lowest BCUT2D eigenvalue weighted by Gasteiger charge is -2.30. The Morgan fingerprint density at radius 3 is 2.80 bits per heavy atom. The van der Waals surface area contributed by atoms with Gasteiger partial charge in [0, 0.05) is 17.6 Å². The zero-order valence-electron chi connectivity index (χ0n) is 14.1. The summed E-state index contributed by atoms with van der Waals surface area (Å²) in [6, 6.07) is 4.73. The number of hydrogen-bond donors (Lipinski definition) is 3. The largest absolute Gasteiger partial charge is 0.452 e. The predicted octanol–water partition coefficient (Wildman–Crippen LogP) is 1.21. The van der Waals surface area contributed by atoms with Gasteiger partial charge in [0.25, 0.3) is 5.91 Å². The Morgan fingerprint density at radius 2 is 2.08 bits per heavy atom. The fourth-order valence-corrected chi connectivity index (χ4v) is 3.29. The van der Waals surface area contributed by atoms with Crippen LogP contribution in [0, 0.1) is 0 Å². The summed E-state index contributed by atoms with van der Waals surface area (Å²) in [5, 5.41) is 5.65. The minimum absolute atomic E-state index is 0.0372. The molecule has 1 aliphatic carbocycles. The SMILES string of the molecule is COC(=O)N1CC(=O)Nc2cc(C(=O)NC3CCCCC3N)ccc21. The van der Waals surface area contributed by atoms with Crippen molar-refractivity contribution in [3.63, 3.8) is 0 Å². The molecule has 1 aromatic rings. The molecule has 1 aliphatic heterocycles. The number of carbonyl (C=O) groups is 3. The van der Waals surface area contributed by atoms with Gasteiger partial charge in [-0.2, -0.15) is 0 Å². The summed E-state index contributed by atoms with van der Waals surface area (Å²) in [5.41, 5.74) is 7.38. The Morgan fingerprint density at radius 1 is 1.32 bits per heavy atom. The smallest absolute Gasteiger partial charge is 0.414 e. The number of methoxy groups -OCH3 is 1. The van der Waals surface area contributed by atoms with Gasteiger partial charge in [-0.1, -0.05) is 12.8 Å². The molecule has 1 aromatic carbocycles. The number of amides is 3. The zero-order chi connectivity index (χ0) is 18.0. The predicted molar refractivity (Wildman–Crippen MR) is 92.5 cm³/mol. The second-order valence-corrected chi connectivity index (χ2v) is 6.36. The lowest BCUT2D eigenvalue weighted by atomic mass is 9.91. The van der Waals surface area contributed by atoms with Crippen LogP contribution in [-0.2, 0) is 9.53 Å². The van der Waals surface area contributed by atoms with Crippen molar-refractivity contribution in [2.45, 2.75) is 37.8 Å². The van der Waals surface area contributed by atoms with Crippen LogP contribution in [0.4, 0.5) is 16.2 Å². The van der Waals surface area contributed by atoms with Crippen LogP contribution in [0.15, 0.2) is 18.2 Å². The first-order valence-corrected chi connectivity index (χ1v) is 8.35. The van der Waals surface area contributed by atoms with E-state index in [2.05, 4.69) is 10.6 Å². The maximum atomic E-state index is 12.5. The summed E-state index contributed by atoms with van der Waals surface area (Å²) >= 11 is 0. The van der Waals surface area contributed by atoms with Gasteiger partial charge in [0.15, 0.2) is 0 Å². The monoisotopic (exact) mass is 346 g/mol. The highest BCUT2D eigenvalue weighted by Gasteiger charge is 2.29. The number of ether oxygens (including phenoxy) is 1. The van der Waals surface area contributed by atoms with Crippen molar-refractivity contribution in [3.05, 3.63) is 23.8 Å². The van der Waals surface area contributed by atoms with Crippen molar-refractivity contribution < 1.29 is 19.1 Å². The molecule has 25 heavy (non-hydrogen) atoms. The zero-order valence-corrected chi connectivity index (χ0v) is 14.1. The summed E-state index contributed by atoms with van der Waals surface area (Å²) in [7, 11) is 1.25. The third-order valence-electron chi connectivity index (χ3n) is 4.66. The van der Waals surface area contributed by atoms with Gasteiger partial charge >= 0.3 is 6.09 Å². The second kappa shape index (κ2) is 7.10. The molecule has 1 fully saturated rings. The van der Waals surface area contributed by atoms with Crippen molar-refractivity contribution in [2.24, 2.45) is 5.73 Å². The van der Waals surface area contributed by atoms with E-state index in [1.54, 1.807) is 18.2 Å². The first kappa shape index (κ1) is 17.2. The van der Waals surface area contributed by atoms with Crippen LogP contribution < -0.4 is 21.3 Å². The number of carbonyl (C=O) groups excluding carboxylic acids is 3. The van der Waals surface area contributed by atoms with Gasteiger partial charge in [-0.05, 0) is 31.0 Å². The lowest BCUT2D eigenvalue weighted by molar-refractivity contribution is -0.115. The number of fused-ring (bicyclic) bond motifs is 1. The Labute approximate surface area is 145 Å². The van der Waals surface area contributed by atoms with Crippen LogP contribution in [0.1, 0.15) is 36.0 Å². The average molecular weight is 346 g/mol. The van der Waals surface area contributed by atoms with E-state index in [4.69, 9.17) is 10.5 Å². The number of benzene rings is 1. The maximum Gasteiger partial charge on any atom is 0.414 e. The molecule has 4 N–H and O–H groups in total. The molecular weight excluding hydrogens is 324 g/mol. The summed E-state index contributed by atoms with van der Waals surface area (Å²) in [5.74, 6) is -0.584. The molecule has 0 spiro atoms. The molecule has 1 heterocycles. The fraction of sp³-hybridized carbons (Fsp3) is 0.471. The highest BCUT2D eigenvalue weighted by molar-refractivity contribution is 6.09. The summed E-state index contributed by atoms with van der Waals surface area (Å²) in [6.45, 7) is -0.123. The molecule has 2 unspecified atom stereocenters. The number of anilines is 2. The van der Waals surface area contributed by atoms with Gasteiger partial charge in [0.2, 0.25) is 5.91 Å². The normalized spacial score (nSPS) is 22.6. The van der Waals surface area contributed by atoms with Gasteiger partial charge < -0.3 is 21.1 Å². The van der Waals surface area contributed by atoms with Gasteiger partial charge in [-0.15, -0.1) is 0 Å². The molecule has 0 aromatic heterocycles. The molecule has 1 saturated carbocycles. The molecule has 8 heteroatoms. The highest BCUT2D eigenvalue weighted by Crippen LogP contribution is 2.31. The van der Waals surface area contributed by atoms with Gasteiger partial charge in [-0.3, -0.25) is 14.5 Å². The van der Waals surface area contributed by atoms with Crippen LogP contribution in [-0.4, -0.2) is 43.6 Å². The number of hydrogen-bond acceptors (Lipinski definition) is 5. The van der Waals surface area contributed by atoms with E-state index in [0.29, 0.717) is 16.9 Å². The summed E-state index contributed by atoms with van der Waals surface area (Å²) in [4.78, 5) is 37.4. The Hall–Kier alpha value is -2.61. The third kappa shape index (κ3) is 3.58. The van der Waals surface area contributed by atoms with Crippen molar-refractivity contribution in [1.82, 2.24) is 5.32 Å². The molecule has 0 saturated heterocycles. The van der Waals surface area contributed by atoms with Crippen molar-refractivity contribution in [1.29, 1.82) is 0 Å². The minimum Gasteiger partial charge on any atom is -0.452 e. The molecule has 2 atom stereocenters. The Kier molecular flexibility index (Phi) is 4.89.